The van der Waals surface area contributed by atoms with Crippen molar-refractivity contribution >= 4 is 21.5 Å². The molecule has 112 valence electrons. The molecule has 0 aliphatic rings. The second-order valence-corrected chi connectivity index (χ2v) is 5.66. The van der Waals surface area contributed by atoms with Crippen LogP contribution in [0.3, 0.4) is 0 Å². The number of halogens is 3. The maximum Gasteiger partial charge on any atom is 0.263 e. The molecule has 1 aromatic heterocycles. The Bertz CT molecular complexity index is 764. The Morgan fingerprint density at radius 1 is 1.05 bits per heavy atom. The van der Waals surface area contributed by atoms with E-state index >= 15 is 0 Å². The number of benzene rings is 1. The second kappa shape index (κ2) is 5.60. The number of aromatic nitrogens is 1. The molecule has 0 unspecified atom stereocenters. The summed E-state index contributed by atoms with van der Waals surface area (Å²) in [4.78, 5) is 3.56. The number of nitrogens with zero attached hydrogens (tertiary/aromatic N) is 1. The zero-order chi connectivity index (χ0) is 15.6. The molecule has 0 atom stereocenters. The molecule has 0 amide bonds. The first-order valence-corrected chi connectivity index (χ1v) is 7.13. The zero-order valence-corrected chi connectivity index (χ0v) is 11.5. The van der Waals surface area contributed by atoms with Crippen LogP contribution in [0.5, 0.6) is 0 Å². The molecule has 2 rings (SSSR count). The van der Waals surface area contributed by atoms with E-state index in [2.05, 4.69) is 10.3 Å². The fourth-order valence-corrected chi connectivity index (χ4v) is 2.49. The number of sulfonamides is 1. The van der Waals surface area contributed by atoms with Gasteiger partial charge in [0.1, 0.15) is 16.5 Å². The number of hydrogen-bond donors (Lipinski definition) is 2. The van der Waals surface area contributed by atoms with Gasteiger partial charge in [-0.3, -0.25) is 4.72 Å². The zero-order valence-electron chi connectivity index (χ0n) is 10.7. The Balaban J connectivity index is 2.34. The van der Waals surface area contributed by atoms with Crippen LogP contribution in [0, 0.1) is 17.5 Å². The van der Waals surface area contributed by atoms with Gasteiger partial charge in [0.05, 0.1) is 5.69 Å². The van der Waals surface area contributed by atoms with Crippen molar-refractivity contribution in [1.82, 2.24) is 4.98 Å². The van der Waals surface area contributed by atoms with Crippen molar-refractivity contribution in [1.29, 1.82) is 0 Å². The van der Waals surface area contributed by atoms with Gasteiger partial charge < -0.3 is 5.32 Å². The lowest BCUT2D eigenvalue weighted by Crippen LogP contribution is -2.15. The Hall–Kier alpha value is -2.29. The first-order chi connectivity index (χ1) is 9.83. The minimum atomic E-state index is -4.16. The number of hydrogen-bond acceptors (Lipinski definition) is 4. The standard InChI is InChI=1S/C12H10F3N3O2S/c1-16-12-3-2-7(6-17-12)21(19,20)18-11-5-9(14)8(13)4-10(11)15/h2-6,18H,1H3,(H,16,17). The maximum atomic E-state index is 13.4. The molecule has 21 heavy (non-hydrogen) atoms. The van der Waals surface area contributed by atoms with Crippen LogP contribution in [0.4, 0.5) is 24.7 Å². The lowest BCUT2D eigenvalue weighted by atomic mass is 10.3. The van der Waals surface area contributed by atoms with Gasteiger partial charge >= 0.3 is 0 Å². The molecule has 0 saturated heterocycles. The van der Waals surface area contributed by atoms with Crippen molar-refractivity contribution in [2.24, 2.45) is 0 Å². The lowest BCUT2D eigenvalue weighted by Gasteiger charge is -2.09. The summed E-state index contributed by atoms with van der Waals surface area (Å²) in [5.41, 5.74) is -0.688. The highest BCUT2D eigenvalue weighted by atomic mass is 32.2. The van der Waals surface area contributed by atoms with Gasteiger partial charge in [0.2, 0.25) is 0 Å². The normalized spacial score (nSPS) is 11.2. The first kappa shape index (κ1) is 15.1. The summed E-state index contributed by atoms with van der Waals surface area (Å²) in [6, 6.07) is 3.32. The van der Waals surface area contributed by atoms with E-state index in [0.717, 1.165) is 6.20 Å². The number of pyridine rings is 1. The highest BCUT2D eigenvalue weighted by Crippen LogP contribution is 2.22. The molecule has 1 aromatic carbocycles. The van der Waals surface area contributed by atoms with E-state index in [9.17, 15) is 21.6 Å². The molecule has 0 aliphatic carbocycles. The Morgan fingerprint density at radius 3 is 2.29 bits per heavy atom. The largest absolute Gasteiger partial charge is 0.373 e. The molecule has 2 aromatic rings. The van der Waals surface area contributed by atoms with Crippen LogP contribution in [0.25, 0.3) is 0 Å². The van der Waals surface area contributed by atoms with Crippen molar-refractivity contribution in [3.05, 3.63) is 47.9 Å². The van der Waals surface area contributed by atoms with Crippen LogP contribution in [0.2, 0.25) is 0 Å². The van der Waals surface area contributed by atoms with Crippen LogP contribution in [-0.2, 0) is 10.0 Å². The summed E-state index contributed by atoms with van der Waals surface area (Å²) < 4.78 is 65.1. The predicted octanol–water partition coefficient (Wildman–Crippen LogP) is 2.34. The highest BCUT2D eigenvalue weighted by Gasteiger charge is 2.18. The van der Waals surface area contributed by atoms with Gasteiger partial charge in [-0.15, -0.1) is 0 Å². The van der Waals surface area contributed by atoms with Crippen LogP contribution < -0.4 is 10.0 Å². The average molecular weight is 317 g/mol. The molecule has 0 saturated carbocycles. The number of rotatable bonds is 4. The van der Waals surface area contributed by atoms with Crippen LogP contribution >= 0.6 is 0 Å². The van der Waals surface area contributed by atoms with E-state index in [1.54, 1.807) is 7.05 Å². The number of anilines is 2. The summed E-state index contributed by atoms with van der Waals surface area (Å²) in [5.74, 6) is -3.56. The predicted molar refractivity (Wildman–Crippen MR) is 70.9 cm³/mol. The van der Waals surface area contributed by atoms with E-state index in [1.165, 1.54) is 12.1 Å². The van der Waals surface area contributed by atoms with E-state index in [4.69, 9.17) is 0 Å². The minimum absolute atomic E-state index is 0.245. The van der Waals surface area contributed by atoms with Gasteiger partial charge in [0.15, 0.2) is 11.6 Å². The SMILES string of the molecule is CNc1ccc(S(=O)(=O)Nc2cc(F)c(F)cc2F)cn1. The molecule has 1 heterocycles. The Morgan fingerprint density at radius 2 is 1.71 bits per heavy atom. The van der Waals surface area contributed by atoms with Crippen LogP contribution in [0.15, 0.2) is 35.4 Å². The van der Waals surface area contributed by atoms with Gasteiger partial charge in [-0.25, -0.2) is 26.6 Å². The Labute approximate surface area is 118 Å². The van der Waals surface area contributed by atoms with Gasteiger partial charge in [0, 0.05) is 25.4 Å². The molecular weight excluding hydrogens is 307 g/mol. The van der Waals surface area contributed by atoms with Crippen molar-refractivity contribution in [2.45, 2.75) is 4.90 Å². The van der Waals surface area contributed by atoms with Crippen LogP contribution in [0.1, 0.15) is 0 Å². The maximum absolute atomic E-state index is 13.4. The second-order valence-electron chi connectivity index (χ2n) is 3.98. The smallest absolute Gasteiger partial charge is 0.263 e. The van der Waals surface area contributed by atoms with E-state index in [1.807, 2.05) is 4.72 Å². The molecule has 0 spiro atoms. The average Bonchev–Trinajstić information content (AvgIpc) is 2.44. The fraction of sp³-hybridized carbons (Fsp3) is 0.0833. The van der Waals surface area contributed by atoms with Crippen molar-refractivity contribution in [3.63, 3.8) is 0 Å². The monoisotopic (exact) mass is 317 g/mol. The fourth-order valence-electron chi connectivity index (χ4n) is 1.49. The van der Waals surface area contributed by atoms with E-state index < -0.39 is 33.2 Å². The van der Waals surface area contributed by atoms with Crippen molar-refractivity contribution < 1.29 is 21.6 Å². The van der Waals surface area contributed by atoms with Gasteiger partial charge in [-0.05, 0) is 12.1 Å². The molecule has 0 aliphatic heterocycles. The lowest BCUT2D eigenvalue weighted by molar-refractivity contribution is 0.496. The topological polar surface area (TPSA) is 71.1 Å². The summed E-state index contributed by atoms with van der Waals surface area (Å²) in [5, 5.41) is 2.70. The minimum Gasteiger partial charge on any atom is -0.373 e. The number of nitrogens with one attached hydrogen (secondary N) is 2. The summed E-state index contributed by atoms with van der Waals surface area (Å²) in [7, 11) is -2.56. The van der Waals surface area contributed by atoms with E-state index in [0.29, 0.717) is 11.9 Å². The van der Waals surface area contributed by atoms with Gasteiger partial charge in [-0.1, -0.05) is 0 Å². The Kier molecular flexibility index (Phi) is 4.03. The van der Waals surface area contributed by atoms with Crippen molar-refractivity contribution in [2.75, 3.05) is 17.1 Å². The quantitative estimate of drug-likeness (QED) is 0.849. The highest BCUT2D eigenvalue weighted by molar-refractivity contribution is 7.92. The third-order valence-electron chi connectivity index (χ3n) is 2.56. The molecule has 0 fully saturated rings. The van der Waals surface area contributed by atoms with Gasteiger partial charge in [-0.2, -0.15) is 0 Å². The van der Waals surface area contributed by atoms with Crippen LogP contribution in [-0.4, -0.2) is 20.4 Å². The molecular formula is C12H10F3N3O2S. The molecule has 5 nitrogen and oxygen atoms in total. The third-order valence-corrected chi connectivity index (χ3v) is 3.91. The molecule has 9 heteroatoms. The van der Waals surface area contributed by atoms with Gasteiger partial charge in [0.25, 0.3) is 10.0 Å². The summed E-state index contributed by atoms with van der Waals surface area (Å²) >= 11 is 0. The van der Waals surface area contributed by atoms with E-state index in [-0.39, 0.29) is 11.0 Å². The first-order valence-electron chi connectivity index (χ1n) is 5.64. The third kappa shape index (κ3) is 3.24. The summed E-state index contributed by atoms with van der Waals surface area (Å²) in [6.45, 7) is 0. The summed E-state index contributed by atoms with van der Waals surface area (Å²) in [6.07, 6.45) is 1.05. The molecule has 2 N–H and O–H groups in total. The molecule has 0 radical (unpaired) electrons. The molecule has 0 bridgehead atoms. The van der Waals surface area contributed by atoms with Crippen molar-refractivity contribution in [3.8, 4) is 0 Å².